The van der Waals surface area contributed by atoms with Crippen LogP contribution >= 0.6 is 0 Å². The lowest BCUT2D eigenvalue weighted by molar-refractivity contribution is -0.125. The van der Waals surface area contributed by atoms with Crippen molar-refractivity contribution in [1.29, 1.82) is 0 Å². The smallest absolute Gasteiger partial charge is 0.246 e. The number of piperidine rings is 1. The highest BCUT2D eigenvalue weighted by Gasteiger charge is 2.56. The van der Waals surface area contributed by atoms with Crippen LogP contribution in [0.25, 0.3) is 10.9 Å². The lowest BCUT2D eigenvalue weighted by atomic mass is 10.2. The predicted molar refractivity (Wildman–Crippen MR) is 144 cm³/mol. The molecule has 1 saturated carbocycles. The summed E-state index contributed by atoms with van der Waals surface area (Å²) in [5.74, 6) is 3.89. The monoisotopic (exact) mass is 511 g/mol. The van der Waals surface area contributed by atoms with E-state index >= 15 is 0 Å². The zero-order valence-electron chi connectivity index (χ0n) is 21.5. The van der Waals surface area contributed by atoms with Gasteiger partial charge in [0, 0.05) is 54.8 Å². The van der Waals surface area contributed by atoms with E-state index in [1.54, 1.807) is 18.7 Å². The van der Waals surface area contributed by atoms with Crippen LogP contribution in [0.1, 0.15) is 11.3 Å². The minimum absolute atomic E-state index is 0.0582. The van der Waals surface area contributed by atoms with Crippen LogP contribution in [0.15, 0.2) is 55.1 Å². The maximum atomic E-state index is 11.9. The Kier molecular flexibility index (Phi) is 6.24. The Morgan fingerprint density at radius 3 is 2.61 bits per heavy atom. The molecule has 6 rings (SSSR count). The molecule has 2 fully saturated rings. The topological polar surface area (TPSA) is 114 Å². The first-order valence-electron chi connectivity index (χ1n) is 12.6. The summed E-state index contributed by atoms with van der Waals surface area (Å²) in [4.78, 5) is 32.0. The molecule has 3 aromatic heterocycles. The Morgan fingerprint density at radius 2 is 1.87 bits per heavy atom. The number of aryl methyl sites for hydroxylation is 2. The van der Waals surface area contributed by atoms with E-state index in [0.717, 1.165) is 52.5 Å². The molecule has 4 heterocycles. The molecule has 0 spiro atoms. The van der Waals surface area contributed by atoms with E-state index in [0.29, 0.717) is 23.4 Å². The van der Waals surface area contributed by atoms with Crippen molar-refractivity contribution >= 4 is 34.1 Å². The number of aromatic nitrogens is 4. The Morgan fingerprint density at radius 1 is 1.03 bits per heavy atom. The molecule has 10 nitrogen and oxygen atoms in total. The number of fused-ring (bicyclic) bond motifs is 2. The average molecular weight is 512 g/mol. The van der Waals surface area contributed by atoms with Gasteiger partial charge in [-0.15, -0.1) is 0 Å². The molecule has 2 aliphatic rings. The summed E-state index contributed by atoms with van der Waals surface area (Å²) in [6.07, 6.45) is 5.05. The number of methoxy groups -OCH3 is 1. The molecule has 1 aliphatic carbocycles. The summed E-state index contributed by atoms with van der Waals surface area (Å²) in [5, 5.41) is 7.40. The van der Waals surface area contributed by atoms with Crippen molar-refractivity contribution in [3.05, 3.63) is 66.4 Å². The van der Waals surface area contributed by atoms with Gasteiger partial charge in [-0.2, -0.15) is 0 Å². The zero-order valence-corrected chi connectivity index (χ0v) is 21.5. The van der Waals surface area contributed by atoms with E-state index in [2.05, 4.69) is 35.5 Å². The molecular formula is C28H29N7O3. The van der Waals surface area contributed by atoms with Crippen LogP contribution in [0.2, 0.25) is 0 Å². The first kappa shape index (κ1) is 24.1. The summed E-state index contributed by atoms with van der Waals surface area (Å²) in [7, 11) is 1.53. The van der Waals surface area contributed by atoms with Gasteiger partial charge < -0.3 is 25.0 Å². The van der Waals surface area contributed by atoms with E-state index in [4.69, 9.17) is 9.47 Å². The second-order valence-electron chi connectivity index (χ2n) is 9.88. The number of carbonyl (C=O) groups excluding carboxylic acids is 1. The van der Waals surface area contributed by atoms with Crippen LogP contribution in [0, 0.1) is 25.7 Å². The Hall–Kier alpha value is -4.31. The van der Waals surface area contributed by atoms with Gasteiger partial charge >= 0.3 is 0 Å². The first-order chi connectivity index (χ1) is 18.5. The maximum absolute atomic E-state index is 11.9. The number of pyridine rings is 2. The van der Waals surface area contributed by atoms with Gasteiger partial charge in [-0.3, -0.25) is 9.78 Å². The number of hydrogen-bond donors (Lipinski definition) is 2. The summed E-state index contributed by atoms with van der Waals surface area (Å²) < 4.78 is 10.9. The molecule has 1 aliphatic heterocycles. The maximum Gasteiger partial charge on any atom is 0.246 e. The van der Waals surface area contributed by atoms with E-state index in [-0.39, 0.29) is 18.6 Å². The standard InChI is InChI=1S/C28H29N7O3/c1-16-8-18(5-7-24(16)38-19-6-4-17(2)29-10-19)33-28-20-9-25(30-11-23(20)31-15-32-28)35-12-21-22(13-35)27(21)34-26(36)14-37-3/h4-11,15,21-22,27H,12-14H2,1-3H3,(H,34,36)(H,31,32,33). The Balaban J connectivity index is 1.16. The zero-order chi connectivity index (χ0) is 26.2. The molecule has 1 amide bonds. The van der Waals surface area contributed by atoms with Crippen molar-refractivity contribution < 1.29 is 14.3 Å². The van der Waals surface area contributed by atoms with Gasteiger partial charge in [0.15, 0.2) is 0 Å². The molecule has 2 unspecified atom stereocenters. The molecule has 2 N–H and O–H groups in total. The van der Waals surface area contributed by atoms with Gasteiger partial charge in [0.1, 0.15) is 36.1 Å². The SMILES string of the molecule is COCC(=O)NC1C2CN(c3cc4c(Nc5ccc(Oc6ccc(C)nc6)c(C)c5)ncnc4cn3)CC21. The van der Waals surface area contributed by atoms with Crippen molar-refractivity contribution in [2.45, 2.75) is 19.9 Å². The highest BCUT2D eigenvalue weighted by molar-refractivity contribution is 5.92. The number of nitrogens with zero attached hydrogens (tertiary/aromatic N) is 5. The fraction of sp³-hybridized carbons (Fsp3) is 0.321. The predicted octanol–water partition coefficient (Wildman–Crippen LogP) is 3.77. The van der Waals surface area contributed by atoms with Crippen LogP contribution in [0.3, 0.4) is 0 Å². The Labute approximate surface area is 220 Å². The van der Waals surface area contributed by atoms with Crippen molar-refractivity contribution in [1.82, 2.24) is 25.3 Å². The third-order valence-electron chi connectivity index (χ3n) is 7.18. The van der Waals surface area contributed by atoms with Gasteiger partial charge in [0.2, 0.25) is 5.91 Å². The second kappa shape index (κ2) is 9.86. The molecule has 0 bridgehead atoms. The normalized spacial score (nSPS) is 19.8. The largest absolute Gasteiger partial charge is 0.455 e. The number of benzene rings is 1. The number of hydrogen-bond acceptors (Lipinski definition) is 9. The fourth-order valence-corrected chi connectivity index (χ4v) is 5.13. The molecule has 194 valence electrons. The minimum Gasteiger partial charge on any atom is -0.455 e. The third-order valence-corrected chi connectivity index (χ3v) is 7.18. The third kappa shape index (κ3) is 4.82. The number of carbonyl (C=O) groups is 1. The molecule has 10 heteroatoms. The summed E-state index contributed by atoms with van der Waals surface area (Å²) in [5.41, 5.74) is 3.59. The number of anilines is 3. The van der Waals surface area contributed by atoms with Crippen molar-refractivity contribution in [2.75, 3.05) is 37.0 Å². The van der Waals surface area contributed by atoms with Crippen LogP contribution in [0.5, 0.6) is 11.5 Å². The van der Waals surface area contributed by atoms with Gasteiger partial charge in [-0.05, 0) is 55.8 Å². The highest BCUT2D eigenvalue weighted by Crippen LogP contribution is 2.46. The van der Waals surface area contributed by atoms with E-state index < -0.39 is 0 Å². The fourth-order valence-electron chi connectivity index (χ4n) is 5.13. The lowest BCUT2D eigenvalue weighted by Crippen LogP contribution is -2.36. The molecule has 0 radical (unpaired) electrons. The van der Waals surface area contributed by atoms with Crippen LogP contribution in [-0.2, 0) is 9.53 Å². The molecule has 38 heavy (non-hydrogen) atoms. The quantitative estimate of drug-likeness (QED) is 0.365. The van der Waals surface area contributed by atoms with Crippen LogP contribution < -0.4 is 20.3 Å². The number of ether oxygens (including phenoxy) is 2. The van der Waals surface area contributed by atoms with Gasteiger partial charge in [0.25, 0.3) is 0 Å². The lowest BCUT2D eigenvalue weighted by Gasteiger charge is -2.21. The summed E-state index contributed by atoms with van der Waals surface area (Å²) in [6, 6.07) is 12.0. The number of nitrogens with one attached hydrogen (secondary N) is 2. The van der Waals surface area contributed by atoms with Crippen LogP contribution in [-0.4, -0.2) is 58.7 Å². The average Bonchev–Trinajstić information content (AvgIpc) is 3.33. The molecule has 2 atom stereocenters. The summed E-state index contributed by atoms with van der Waals surface area (Å²) >= 11 is 0. The van der Waals surface area contributed by atoms with E-state index in [9.17, 15) is 4.79 Å². The van der Waals surface area contributed by atoms with Crippen molar-refractivity contribution in [3.8, 4) is 11.5 Å². The first-order valence-corrected chi connectivity index (χ1v) is 12.6. The molecule has 1 aromatic carbocycles. The van der Waals surface area contributed by atoms with Gasteiger partial charge in [-0.1, -0.05) is 0 Å². The van der Waals surface area contributed by atoms with Gasteiger partial charge in [0.05, 0.1) is 17.9 Å². The molecule has 4 aromatic rings. The summed E-state index contributed by atoms with van der Waals surface area (Å²) in [6.45, 7) is 5.76. The Bertz CT molecular complexity index is 1480. The van der Waals surface area contributed by atoms with Crippen molar-refractivity contribution in [2.24, 2.45) is 11.8 Å². The molecular weight excluding hydrogens is 482 g/mol. The second-order valence-corrected chi connectivity index (χ2v) is 9.88. The van der Waals surface area contributed by atoms with Crippen LogP contribution in [0.4, 0.5) is 17.3 Å². The minimum atomic E-state index is -0.0582. The van der Waals surface area contributed by atoms with E-state index in [1.807, 2.05) is 50.2 Å². The van der Waals surface area contributed by atoms with Gasteiger partial charge in [-0.25, -0.2) is 15.0 Å². The van der Waals surface area contributed by atoms with E-state index in [1.165, 1.54) is 7.11 Å². The number of amides is 1. The number of rotatable bonds is 8. The molecule has 1 saturated heterocycles. The highest BCUT2D eigenvalue weighted by atomic mass is 16.5. The van der Waals surface area contributed by atoms with Crippen molar-refractivity contribution in [3.63, 3.8) is 0 Å².